The van der Waals surface area contributed by atoms with Crippen LogP contribution in [0.15, 0.2) is 84.9 Å². The quantitative estimate of drug-likeness (QED) is 0.376. The molecule has 0 saturated carbocycles. The van der Waals surface area contributed by atoms with Gasteiger partial charge in [0.25, 0.3) is 0 Å². The molecular weight excluding hydrogens is 296 g/mol. The molecule has 2 nitrogen and oxygen atoms in total. The summed E-state index contributed by atoms with van der Waals surface area (Å²) in [5, 5.41) is 0. The van der Waals surface area contributed by atoms with E-state index >= 15 is 0 Å². The molecule has 118 valence electrons. The molecule has 0 aliphatic heterocycles. The van der Waals surface area contributed by atoms with E-state index in [4.69, 9.17) is 4.74 Å². The van der Waals surface area contributed by atoms with Gasteiger partial charge in [-0.25, -0.2) is 0 Å². The Hall–Kier alpha value is -3.13. The SMILES string of the molecule is CC(=O)Oc1ccccc1/C(=C/c1ccccc1)c1ccccc1. The molecule has 3 rings (SSSR count). The summed E-state index contributed by atoms with van der Waals surface area (Å²) in [5.74, 6) is 0.241. The average molecular weight is 314 g/mol. The highest BCUT2D eigenvalue weighted by Crippen LogP contribution is 2.32. The second-order valence-corrected chi connectivity index (χ2v) is 5.42. The second-order valence-electron chi connectivity index (χ2n) is 5.42. The van der Waals surface area contributed by atoms with Crippen LogP contribution < -0.4 is 4.74 Å². The van der Waals surface area contributed by atoms with Gasteiger partial charge in [0.2, 0.25) is 0 Å². The molecule has 0 unspecified atom stereocenters. The molecule has 0 bridgehead atoms. The molecule has 24 heavy (non-hydrogen) atoms. The zero-order valence-corrected chi connectivity index (χ0v) is 13.5. The number of carbonyl (C=O) groups is 1. The number of hydrogen-bond acceptors (Lipinski definition) is 2. The highest BCUT2D eigenvalue weighted by molar-refractivity contribution is 5.93. The smallest absolute Gasteiger partial charge is 0.308 e. The standard InChI is InChI=1S/C22H18O2/c1-17(23)24-22-15-9-8-14-20(22)21(19-12-6-3-7-13-19)16-18-10-4-2-5-11-18/h2-16H,1H3/b21-16+. The number of esters is 1. The fraction of sp³-hybridized carbons (Fsp3) is 0.0455. The van der Waals surface area contributed by atoms with Gasteiger partial charge in [-0.05, 0) is 28.8 Å². The Balaban J connectivity index is 2.16. The molecule has 0 saturated heterocycles. The van der Waals surface area contributed by atoms with Gasteiger partial charge >= 0.3 is 5.97 Å². The zero-order chi connectivity index (χ0) is 16.8. The summed E-state index contributed by atoms with van der Waals surface area (Å²) in [6, 6.07) is 27.8. The lowest BCUT2D eigenvalue weighted by molar-refractivity contribution is -0.131. The molecule has 3 aromatic carbocycles. The topological polar surface area (TPSA) is 26.3 Å². The summed E-state index contributed by atoms with van der Waals surface area (Å²) in [7, 11) is 0. The molecule has 0 spiro atoms. The van der Waals surface area contributed by atoms with Gasteiger partial charge < -0.3 is 4.74 Å². The van der Waals surface area contributed by atoms with Crippen LogP contribution in [0.1, 0.15) is 23.6 Å². The summed E-state index contributed by atoms with van der Waals surface area (Å²) in [6.07, 6.45) is 2.11. The van der Waals surface area contributed by atoms with Gasteiger partial charge in [-0.15, -0.1) is 0 Å². The molecule has 0 fully saturated rings. The van der Waals surface area contributed by atoms with Gasteiger partial charge in [0.15, 0.2) is 0 Å². The van der Waals surface area contributed by atoms with E-state index in [1.54, 1.807) is 0 Å². The lowest BCUT2D eigenvalue weighted by Gasteiger charge is -2.13. The van der Waals surface area contributed by atoms with Crippen molar-refractivity contribution in [3.05, 3.63) is 102 Å². The highest BCUT2D eigenvalue weighted by Gasteiger charge is 2.12. The van der Waals surface area contributed by atoms with E-state index in [-0.39, 0.29) is 5.97 Å². The molecular formula is C22H18O2. The molecule has 0 heterocycles. The van der Waals surface area contributed by atoms with E-state index in [0.717, 1.165) is 22.3 Å². The normalized spacial score (nSPS) is 11.1. The lowest BCUT2D eigenvalue weighted by Crippen LogP contribution is -2.04. The van der Waals surface area contributed by atoms with E-state index in [1.165, 1.54) is 6.92 Å². The fourth-order valence-electron chi connectivity index (χ4n) is 2.58. The number of para-hydroxylation sites is 1. The highest BCUT2D eigenvalue weighted by atomic mass is 16.5. The van der Waals surface area contributed by atoms with Gasteiger partial charge in [-0.2, -0.15) is 0 Å². The molecule has 0 aromatic heterocycles. The number of benzene rings is 3. The zero-order valence-electron chi connectivity index (χ0n) is 13.5. The Kier molecular flexibility index (Phi) is 4.87. The van der Waals surface area contributed by atoms with Crippen molar-refractivity contribution >= 4 is 17.6 Å². The molecule has 0 N–H and O–H groups in total. The maximum absolute atomic E-state index is 11.4. The van der Waals surface area contributed by atoms with Gasteiger partial charge in [0.1, 0.15) is 5.75 Å². The Morgan fingerprint density at radius 3 is 2.04 bits per heavy atom. The van der Waals surface area contributed by atoms with Gasteiger partial charge in [0.05, 0.1) is 0 Å². The number of carbonyl (C=O) groups excluding carboxylic acids is 1. The van der Waals surface area contributed by atoms with Crippen LogP contribution in [0.2, 0.25) is 0 Å². The predicted octanol–water partition coefficient (Wildman–Crippen LogP) is 5.20. The van der Waals surface area contributed by atoms with Crippen LogP contribution >= 0.6 is 0 Å². The second kappa shape index (κ2) is 7.42. The van der Waals surface area contributed by atoms with Crippen molar-refractivity contribution in [2.24, 2.45) is 0 Å². The molecule has 0 aliphatic rings. The summed E-state index contributed by atoms with van der Waals surface area (Å²) in [4.78, 5) is 11.4. The fourth-order valence-corrected chi connectivity index (χ4v) is 2.58. The number of ether oxygens (including phenoxy) is 1. The van der Waals surface area contributed by atoms with Crippen LogP contribution in [-0.4, -0.2) is 5.97 Å². The summed E-state index contributed by atoms with van der Waals surface area (Å²) < 4.78 is 5.41. The van der Waals surface area contributed by atoms with Crippen molar-refractivity contribution in [2.45, 2.75) is 6.92 Å². The average Bonchev–Trinajstić information content (AvgIpc) is 2.62. The van der Waals surface area contributed by atoms with Crippen LogP contribution in [0, 0.1) is 0 Å². The van der Waals surface area contributed by atoms with Gasteiger partial charge in [-0.3, -0.25) is 4.79 Å². The molecule has 0 atom stereocenters. The molecule has 2 heteroatoms. The largest absolute Gasteiger partial charge is 0.426 e. The summed E-state index contributed by atoms with van der Waals surface area (Å²) >= 11 is 0. The number of rotatable bonds is 4. The molecule has 0 aliphatic carbocycles. The van der Waals surface area contributed by atoms with Crippen LogP contribution in [0.25, 0.3) is 11.6 Å². The van der Waals surface area contributed by atoms with Gasteiger partial charge in [-0.1, -0.05) is 78.9 Å². The molecule has 3 aromatic rings. The maximum atomic E-state index is 11.4. The van der Waals surface area contributed by atoms with Crippen molar-refractivity contribution in [3.8, 4) is 5.75 Å². The summed E-state index contributed by atoms with van der Waals surface area (Å²) in [6.45, 7) is 1.42. The third-order valence-electron chi connectivity index (χ3n) is 3.63. The molecule has 0 radical (unpaired) electrons. The van der Waals surface area contributed by atoms with E-state index in [2.05, 4.69) is 30.3 Å². The van der Waals surface area contributed by atoms with E-state index < -0.39 is 0 Å². The Morgan fingerprint density at radius 2 is 1.38 bits per heavy atom. The minimum atomic E-state index is -0.324. The first-order chi connectivity index (χ1) is 11.7. The summed E-state index contributed by atoms with van der Waals surface area (Å²) in [5.41, 5.74) is 4.07. The van der Waals surface area contributed by atoms with Crippen molar-refractivity contribution < 1.29 is 9.53 Å². The van der Waals surface area contributed by atoms with Crippen LogP contribution in [0.3, 0.4) is 0 Å². The Morgan fingerprint density at radius 1 is 0.792 bits per heavy atom. The van der Waals surface area contributed by atoms with Crippen molar-refractivity contribution in [1.82, 2.24) is 0 Å². The predicted molar refractivity (Wildman–Crippen MR) is 97.6 cm³/mol. The maximum Gasteiger partial charge on any atom is 0.308 e. The van der Waals surface area contributed by atoms with E-state index in [1.807, 2.05) is 60.7 Å². The number of hydrogen-bond donors (Lipinski definition) is 0. The van der Waals surface area contributed by atoms with E-state index in [0.29, 0.717) is 5.75 Å². The first kappa shape index (κ1) is 15.8. The Labute approximate surface area is 142 Å². The van der Waals surface area contributed by atoms with Crippen molar-refractivity contribution in [3.63, 3.8) is 0 Å². The van der Waals surface area contributed by atoms with Crippen LogP contribution in [-0.2, 0) is 4.79 Å². The third kappa shape index (κ3) is 3.79. The third-order valence-corrected chi connectivity index (χ3v) is 3.63. The van der Waals surface area contributed by atoms with Crippen molar-refractivity contribution in [1.29, 1.82) is 0 Å². The first-order valence-electron chi connectivity index (χ1n) is 7.84. The molecule has 0 amide bonds. The monoisotopic (exact) mass is 314 g/mol. The van der Waals surface area contributed by atoms with Gasteiger partial charge in [0, 0.05) is 12.5 Å². The van der Waals surface area contributed by atoms with Crippen LogP contribution in [0.4, 0.5) is 0 Å². The lowest BCUT2D eigenvalue weighted by atomic mass is 9.95. The van der Waals surface area contributed by atoms with Crippen molar-refractivity contribution in [2.75, 3.05) is 0 Å². The van der Waals surface area contributed by atoms with Crippen LogP contribution in [0.5, 0.6) is 5.75 Å². The van der Waals surface area contributed by atoms with E-state index in [9.17, 15) is 4.79 Å². The first-order valence-corrected chi connectivity index (χ1v) is 7.84. The minimum absolute atomic E-state index is 0.324. The minimum Gasteiger partial charge on any atom is -0.426 e. The Bertz CT molecular complexity index is 849.